The minimum atomic E-state index is -0.865. The van der Waals surface area contributed by atoms with E-state index in [0.717, 1.165) is 65.6 Å². The second-order valence-electron chi connectivity index (χ2n) is 11.3. The van der Waals surface area contributed by atoms with E-state index in [4.69, 9.17) is 9.47 Å². The zero-order valence-corrected chi connectivity index (χ0v) is 21.2. The van der Waals surface area contributed by atoms with Gasteiger partial charge in [-0.15, -0.1) is 0 Å². The number of fused-ring (bicyclic) bond motifs is 1. The summed E-state index contributed by atoms with van der Waals surface area (Å²) in [7, 11) is 3.86. The fourth-order valence-corrected chi connectivity index (χ4v) is 8.14. The minimum Gasteiger partial charge on any atom is -0.504 e. The first-order valence-corrected chi connectivity index (χ1v) is 13.3. The number of aliphatic carboxylic acids is 1. The molecule has 1 aromatic heterocycles. The number of aromatic nitrogens is 1. The number of hydrogen-bond acceptors (Lipinski definition) is 6. The molecule has 8 heteroatoms. The molecule has 4 aliphatic rings. The number of aromatic amines is 1. The first-order valence-electron chi connectivity index (χ1n) is 13.3. The van der Waals surface area contributed by atoms with Crippen molar-refractivity contribution in [3.63, 3.8) is 0 Å². The number of aromatic hydroxyl groups is 1. The number of likely N-dealkylation sites (tertiary alicyclic amines) is 1. The molecule has 2 fully saturated rings. The maximum Gasteiger partial charge on any atom is 0.321 e. The van der Waals surface area contributed by atoms with Gasteiger partial charge >= 0.3 is 5.97 Å². The Balaban J connectivity index is 1.26. The van der Waals surface area contributed by atoms with E-state index in [2.05, 4.69) is 22.2 Å². The number of carboxylic acids is 1. The summed E-state index contributed by atoms with van der Waals surface area (Å²) in [4.78, 5) is 18.2. The van der Waals surface area contributed by atoms with Gasteiger partial charge in [0.05, 0.1) is 7.11 Å². The Kier molecular flexibility index (Phi) is 5.04. The largest absolute Gasteiger partial charge is 0.504 e. The average molecular weight is 504 g/mol. The third kappa shape index (κ3) is 3.12. The molecular weight excluding hydrogens is 470 g/mol. The maximum atomic E-state index is 12.5. The van der Waals surface area contributed by atoms with Crippen LogP contribution in [0.3, 0.4) is 0 Å². The predicted molar refractivity (Wildman–Crippen MR) is 139 cm³/mol. The van der Waals surface area contributed by atoms with Gasteiger partial charge in [-0.25, -0.2) is 0 Å². The third-order valence-electron chi connectivity index (χ3n) is 9.71. The zero-order valence-electron chi connectivity index (χ0n) is 21.2. The van der Waals surface area contributed by atoms with E-state index in [-0.39, 0.29) is 23.3 Å². The second kappa shape index (κ2) is 8.13. The van der Waals surface area contributed by atoms with Crippen LogP contribution >= 0.6 is 0 Å². The van der Waals surface area contributed by atoms with E-state index in [0.29, 0.717) is 24.1 Å². The van der Waals surface area contributed by atoms with E-state index in [1.165, 1.54) is 0 Å². The van der Waals surface area contributed by atoms with Crippen molar-refractivity contribution in [2.24, 2.45) is 5.92 Å². The monoisotopic (exact) mass is 503 g/mol. The van der Waals surface area contributed by atoms with Crippen LogP contribution in [0, 0.1) is 5.92 Å². The van der Waals surface area contributed by atoms with Crippen molar-refractivity contribution in [3.05, 3.63) is 53.2 Å². The molecule has 1 saturated carbocycles. The Hall–Kier alpha value is -3.23. The molecule has 0 amide bonds. The number of H-pyrrole nitrogens is 1. The summed E-state index contributed by atoms with van der Waals surface area (Å²) in [6.45, 7) is 0.947. The number of phenols is 1. The molecule has 0 unspecified atom stereocenters. The lowest BCUT2D eigenvalue weighted by Crippen LogP contribution is -2.69. The Morgan fingerprint density at radius 2 is 2.19 bits per heavy atom. The maximum absolute atomic E-state index is 12.5. The molecule has 2 aliphatic carbocycles. The van der Waals surface area contributed by atoms with E-state index in [9.17, 15) is 15.0 Å². The summed E-state index contributed by atoms with van der Waals surface area (Å²) in [5.41, 5.74) is 3.98. The number of piperidine rings is 1. The standard InChI is InChI=1S/C29H33N3O5/c1-32-10-9-29-18-7-8-20(31-21(28(34)35)11-15-14-30-19-6-4-3-5-16(15)19)27(29)37-26-23(33)13-24(36-2)17(25(26)29)12-22(18)32/h3-6,13-14,18,20-22,27,30-31,33H,7-12H2,1-2H3,(H,34,35)/t18-,20+,21-,22+,27-,29-/m0/s1. The number of carboxylic acid groups (broad SMARTS) is 1. The molecule has 3 heterocycles. The van der Waals surface area contributed by atoms with Crippen LogP contribution in [0.25, 0.3) is 10.9 Å². The lowest BCUT2D eigenvalue weighted by molar-refractivity contribution is -0.140. The number of nitrogens with zero attached hydrogens (tertiary/aromatic N) is 1. The van der Waals surface area contributed by atoms with Crippen molar-refractivity contribution < 1.29 is 24.5 Å². The summed E-state index contributed by atoms with van der Waals surface area (Å²) in [5, 5.41) is 25.8. The summed E-state index contributed by atoms with van der Waals surface area (Å²) >= 11 is 0. The van der Waals surface area contributed by atoms with Gasteiger partial charge in [0.2, 0.25) is 0 Å². The number of hydrogen-bond donors (Lipinski definition) is 4. The highest BCUT2D eigenvalue weighted by Gasteiger charge is 2.66. The lowest BCUT2D eigenvalue weighted by atomic mass is 9.51. The van der Waals surface area contributed by atoms with Gasteiger partial charge in [-0.05, 0) is 56.8 Å². The van der Waals surface area contributed by atoms with Crippen LogP contribution in [-0.2, 0) is 23.1 Å². The van der Waals surface area contributed by atoms with Crippen molar-refractivity contribution in [1.29, 1.82) is 0 Å². The molecule has 4 N–H and O–H groups in total. The molecule has 2 aromatic carbocycles. The number of nitrogens with one attached hydrogen (secondary N) is 2. The minimum absolute atomic E-state index is 0.114. The number of likely N-dealkylation sites (N-methyl/N-ethyl adjacent to an activating group) is 1. The Labute approximate surface area is 215 Å². The third-order valence-corrected chi connectivity index (χ3v) is 9.71. The van der Waals surface area contributed by atoms with E-state index < -0.39 is 12.0 Å². The Bertz CT molecular complexity index is 1400. The molecule has 6 atom stereocenters. The van der Waals surface area contributed by atoms with Gasteiger partial charge in [0.15, 0.2) is 11.5 Å². The second-order valence-corrected chi connectivity index (χ2v) is 11.3. The van der Waals surface area contributed by atoms with Crippen LogP contribution in [0.1, 0.15) is 36.0 Å². The molecule has 3 aromatic rings. The molecule has 1 spiro atoms. The summed E-state index contributed by atoms with van der Waals surface area (Å²) in [6, 6.07) is 9.14. The van der Waals surface area contributed by atoms with E-state index >= 15 is 0 Å². The number of carbonyl (C=O) groups is 1. The van der Waals surface area contributed by atoms with Gasteiger partial charge in [-0.1, -0.05) is 18.2 Å². The van der Waals surface area contributed by atoms with Gasteiger partial charge in [-0.3, -0.25) is 10.1 Å². The highest BCUT2D eigenvalue weighted by molar-refractivity contribution is 5.84. The molecule has 0 radical (unpaired) electrons. The fourth-order valence-electron chi connectivity index (χ4n) is 8.14. The summed E-state index contributed by atoms with van der Waals surface area (Å²) in [5.74, 6) is 0.937. The van der Waals surface area contributed by atoms with Crippen LogP contribution in [0.15, 0.2) is 36.5 Å². The number of methoxy groups -OCH3 is 1. The molecule has 1 saturated heterocycles. The molecule has 194 valence electrons. The van der Waals surface area contributed by atoms with Gasteiger partial charge in [-0.2, -0.15) is 0 Å². The van der Waals surface area contributed by atoms with Crippen molar-refractivity contribution in [2.75, 3.05) is 20.7 Å². The molecule has 37 heavy (non-hydrogen) atoms. The fraction of sp³-hybridized carbons (Fsp3) is 0.483. The molecule has 7 rings (SSSR count). The topological polar surface area (TPSA) is 107 Å². The normalized spacial score (nSPS) is 30.5. The number of benzene rings is 2. The Morgan fingerprint density at radius 3 is 3.00 bits per heavy atom. The molecule has 8 nitrogen and oxygen atoms in total. The van der Waals surface area contributed by atoms with Gasteiger partial charge in [0, 0.05) is 58.2 Å². The van der Waals surface area contributed by atoms with Crippen LogP contribution in [0.5, 0.6) is 17.2 Å². The molecular formula is C29H33N3O5. The zero-order chi connectivity index (χ0) is 25.5. The first-order chi connectivity index (χ1) is 17.9. The van der Waals surface area contributed by atoms with Crippen LogP contribution in [-0.4, -0.2) is 71.0 Å². The van der Waals surface area contributed by atoms with Gasteiger partial charge in [0.1, 0.15) is 17.9 Å². The highest BCUT2D eigenvalue weighted by atomic mass is 16.5. The lowest BCUT2D eigenvalue weighted by Gasteiger charge is -2.59. The van der Waals surface area contributed by atoms with Crippen molar-refractivity contribution in [1.82, 2.24) is 15.2 Å². The first kappa shape index (κ1) is 22.9. The predicted octanol–water partition coefficient (Wildman–Crippen LogP) is 3.21. The van der Waals surface area contributed by atoms with Gasteiger partial charge in [0.25, 0.3) is 0 Å². The van der Waals surface area contributed by atoms with Crippen molar-refractivity contribution in [2.45, 2.75) is 61.7 Å². The Morgan fingerprint density at radius 1 is 1.35 bits per heavy atom. The smallest absolute Gasteiger partial charge is 0.321 e. The SMILES string of the molecule is COc1cc(O)c2c3c1C[C@@H]1[C@@H]4CC[C@@H](N[C@@H](Cc5c[nH]c6ccccc56)C(=O)O)[C@H](O2)[C@]34CCN1C. The summed E-state index contributed by atoms with van der Waals surface area (Å²) in [6.07, 6.45) is 5.67. The van der Waals surface area contributed by atoms with E-state index in [1.54, 1.807) is 13.2 Å². The van der Waals surface area contributed by atoms with E-state index in [1.807, 2.05) is 30.5 Å². The quantitative estimate of drug-likeness (QED) is 0.409. The summed E-state index contributed by atoms with van der Waals surface area (Å²) < 4.78 is 12.4. The average Bonchev–Trinajstić information content (AvgIpc) is 3.46. The number of rotatable bonds is 6. The van der Waals surface area contributed by atoms with Crippen LogP contribution < -0.4 is 14.8 Å². The highest BCUT2D eigenvalue weighted by Crippen LogP contribution is 2.65. The number of ether oxygens (including phenoxy) is 2. The van der Waals surface area contributed by atoms with Crippen LogP contribution in [0.4, 0.5) is 0 Å². The number of phenolic OH excluding ortho intramolecular Hbond substituents is 1. The van der Waals surface area contributed by atoms with Crippen molar-refractivity contribution in [3.8, 4) is 17.2 Å². The molecule has 2 bridgehead atoms. The molecule has 2 aliphatic heterocycles. The van der Waals surface area contributed by atoms with Crippen LogP contribution in [0.2, 0.25) is 0 Å². The van der Waals surface area contributed by atoms with Gasteiger partial charge < -0.3 is 29.6 Å². The number of para-hydroxylation sites is 1. The van der Waals surface area contributed by atoms with Crippen molar-refractivity contribution >= 4 is 16.9 Å².